The zero-order valence-corrected chi connectivity index (χ0v) is 45.3. The van der Waals surface area contributed by atoms with Crippen molar-refractivity contribution in [2.45, 2.75) is 92.3 Å². The van der Waals surface area contributed by atoms with E-state index in [0.717, 1.165) is 66.7 Å². The zero-order valence-electron chi connectivity index (χ0n) is 46.9. The molecule has 0 saturated heterocycles. The van der Waals surface area contributed by atoms with E-state index in [4.69, 9.17) is 14.9 Å². The molecule has 365 valence electrons. The first kappa shape index (κ1) is 44.5. The molecular weight excluding hydrogens is 1070 g/mol. The number of nitrogens with zero attached hydrogens (tertiary/aromatic N) is 3. The van der Waals surface area contributed by atoms with Crippen LogP contribution in [0, 0.1) is 19.0 Å². The molecule has 0 N–H and O–H groups in total. The maximum atomic E-state index is 8.36. The van der Waals surface area contributed by atoms with Gasteiger partial charge in [-0.3, -0.25) is 4.98 Å². The number of benzene rings is 9. The van der Waals surface area contributed by atoms with E-state index in [-0.39, 0.29) is 42.9 Å². The summed E-state index contributed by atoms with van der Waals surface area (Å²) < 4.78 is 40.0. The van der Waals surface area contributed by atoms with Crippen LogP contribution in [0.5, 0.6) is 0 Å². The molecule has 0 aliphatic rings. The van der Waals surface area contributed by atoms with E-state index in [1.807, 2.05) is 26.0 Å². The van der Waals surface area contributed by atoms with E-state index in [1.54, 1.807) is 18.3 Å². The molecule has 3 heterocycles. The molecule has 3 aromatic heterocycles. The molecular formula is C68H61IrN3O-2. The minimum atomic E-state index is -2.13. The number of hydrogen-bond acceptors (Lipinski definition) is 3. The van der Waals surface area contributed by atoms with Crippen LogP contribution in [0.1, 0.15) is 113 Å². The molecule has 9 aromatic carbocycles. The van der Waals surface area contributed by atoms with E-state index < -0.39 is 12.7 Å². The van der Waals surface area contributed by atoms with Crippen LogP contribution in [0.4, 0.5) is 0 Å². The number of hydrogen-bond donors (Lipinski definition) is 0. The smallest absolute Gasteiger partial charge is 0.121 e. The molecule has 0 fully saturated rings. The van der Waals surface area contributed by atoms with Gasteiger partial charge in [0.15, 0.2) is 0 Å². The standard InChI is InChI=1S/C49H37N2O.C19H24N.Ir/c1-29(2)40-26-35(31-13-6-5-7-14-31)27-41(30(3)4)46(40)51-47-37-18-11-9-16-33(37)23-24-44(47)50-49(51)39-20-12-19-38-43-25-34-22-21-32-15-8-10-17-36(32)42(34)28-45(43)52-48(38)39;1-13(2)16-12-20-18(11-17(16)19(4,5)6)15-9-7-14(3)8-10-15;/h5-19,21-30H,1-4H3;7-9,11-13H,1-6H3;/q2*-1;/i;3D3,13D;. The molecule has 12 rings (SSSR count). The second-order valence-corrected chi connectivity index (χ2v) is 21.0. The number of furan rings is 1. The van der Waals surface area contributed by atoms with Gasteiger partial charge < -0.3 is 14.0 Å². The second-order valence-electron chi connectivity index (χ2n) is 21.0. The van der Waals surface area contributed by atoms with E-state index in [1.165, 1.54) is 66.3 Å². The third-order valence-electron chi connectivity index (χ3n) is 14.1. The summed E-state index contributed by atoms with van der Waals surface area (Å²) in [4.78, 5) is 9.97. The SMILES string of the molecule is CC(C)c1cc(-c2ccccc2)cc(C(C)C)c1-n1c(-c2[c-]ccc3c2oc2cc4c(ccc5ccccc54)cc23)nc2ccc3ccccc3c21.[2H]C([2H])([2H])c1c[c-]c(-c2cc(C(C)(C)C)c(C([2H])(C)C)cn2)cc1.[Ir]. The Labute approximate surface area is 449 Å². The van der Waals surface area contributed by atoms with Crippen LogP contribution in [0.15, 0.2) is 174 Å². The molecule has 0 saturated carbocycles. The molecule has 4 nitrogen and oxygen atoms in total. The topological polar surface area (TPSA) is 43.9 Å². The molecule has 0 unspecified atom stereocenters. The van der Waals surface area contributed by atoms with Crippen LogP contribution in [-0.2, 0) is 25.5 Å². The van der Waals surface area contributed by atoms with Crippen molar-refractivity contribution < 1.29 is 30.0 Å². The van der Waals surface area contributed by atoms with Crippen LogP contribution in [-0.4, -0.2) is 14.5 Å². The number of fused-ring (bicyclic) bond motifs is 9. The third-order valence-corrected chi connectivity index (χ3v) is 14.1. The Balaban J connectivity index is 0.000000228. The van der Waals surface area contributed by atoms with Gasteiger partial charge in [-0.05, 0) is 119 Å². The summed E-state index contributed by atoms with van der Waals surface area (Å²) in [5.74, 6) is 0.611. The van der Waals surface area contributed by atoms with Crippen molar-refractivity contribution in [2.75, 3.05) is 0 Å². The van der Waals surface area contributed by atoms with Crippen LogP contribution < -0.4 is 0 Å². The predicted molar refractivity (Wildman–Crippen MR) is 305 cm³/mol. The summed E-state index contributed by atoms with van der Waals surface area (Å²) in [6.07, 6.45) is 1.76. The van der Waals surface area contributed by atoms with Crippen LogP contribution in [0.2, 0.25) is 0 Å². The molecule has 0 aliphatic heterocycles. The zero-order chi connectivity index (χ0) is 53.4. The Bertz CT molecular complexity index is 4150. The van der Waals surface area contributed by atoms with E-state index in [9.17, 15) is 0 Å². The van der Waals surface area contributed by atoms with Crippen molar-refractivity contribution in [1.29, 1.82) is 0 Å². The minimum Gasteiger partial charge on any atom is -0.501 e. The van der Waals surface area contributed by atoms with Gasteiger partial charge in [-0.15, -0.1) is 53.6 Å². The van der Waals surface area contributed by atoms with Gasteiger partial charge in [-0.1, -0.05) is 183 Å². The number of rotatable bonds is 7. The Kier molecular flexibility index (Phi) is 12.0. The van der Waals surface area contributed by atoms with Crippen molar-refractivity contribution in [3.05, 3.63) is 210 Å². The average Bonchev–Trinajstić information content (AvgIpc) is 4.05. The van der Waals surface area contributed by atoms with Crippen molar-refractivity contribution in [3.63, 3.8) is 0 Å². The summed E-state index contributed by atoms with van der Waals surface area (Å²) in [7, 11) is 0. The Morgan fingerprint density at radius 2 is 1.29 bits per heavy atom. The number of aromatic nitrogens is 3. The summed E-state index contributed by atoms with van der Waals surface area (Å²) in [5, 5.41) is 9.36. The minimum absolute atomic E-state index is 0. The van der Waals surface area contributed by atoms with Gasteiger partial charge in [0.2, 0.25) is 0 Å². The van der Waals surface area contributed by atoms with Gasteiger partial charge in [0.05, 0.1) is 22.4 Å². The molecule has 0 atom stereocenters. The quantitative estimate of drug-likeness (QED) is 0.118. The summed E-state index contributed by atoms with van der Waals surface area (Å²) in [6.45, 7) is 17.1. The molecule has 73 heavy (non-hydrogen) atoms. The fourth-order valence-electron chi connectivity index (χ4n) is 10.5. The molecule has 1 radical (unpaired) electrons. The normalized spacial score (nSPS) is 13.1. The van der Waals surface area contributed by atoms with Gasteiger partial charge >= 0.3 is 0 Å². The number of pyridine rings is 1. The molecule has 0 bridgehead atoms. The van der Waals surface area contributed by atoms with Crippen LogP contribution in [0.3, 0.4) is 0 Å². The summed E-state index contributed by atoms with van der Waals surface area (Å²) >= 11 is 0. The van der Waals surface area contributed by atoms with Crippen molar-refractivity contribution in [3.8, 4) is 39.5 Å². The molecule has 12 aromatic rings. The first-order valence-corrected chi connectivity index (χ1v) is 25.1. The molecule has 0 spiro atoms. The van der Waals surface area contributed by atoms with E-state index in [0.29, 0.717) is 0 Å². The first-order chi connectivity index (χ1) is 36.2. The van der Waals surface area contributed by atoms with Crippen molar-refractivity contribution >= 4 is 65.3 Å². The van der Waals surface area contributed by atoms with Gasteiger partial charge in [-0.25, -0.2) is 0 Å². The fraction of sp³-hybridized carbons (Fsp3) is 0.206. The summed E-state index contributed by atoms with van der Waals surface area (Å²) in [6, 6.07) is 63.7. The fourth-order valence-corrected chi connectivity index (χ4v) is 10.5. The van der Waals surface area contributed by atoms with Gasteiger partial charge in [0.25, 0.3) is 0 Å². The molecule has 0 amide bonds. The predicted octanol–water partition coefficient (Wildman–Crippen LogP) is 19.0. The van der Waals surface area contributed by atoms with Gasteiger partial charge in [-0.2, -0.15) is 0 Å². The average molecular weight is 1130 g/mol. The molecule has 5 heteroatoms. The van der Waals surface area contributed by atoms with E-state index in [2.05, 4.69) is 204 Å². The first-order valence-electron chi connectivity index (χ1n) is 27.1. The Morgan fingerprint density at radius 1 is 0.616 bits per heavy atom. The number of aryl methyl sites for hydroxylation is 1. The van der Waals surface area contributed by atoms with Crippen molar-refractivity contribution in [1.82, 2.24) is 14.5 Å². The monoisotopic (exact) mass is 1130 g/mol. The van der Waals surface area contributed by atoms with Gasteiger partial charge in [0, 0.05) is 48.2 Å². The van der Waals surface area contributed by atoms with E-state index >= 15 is 0 Å². The summed E-state index contributed by atoms with van der Waals surface area (Å²) in [5.41, 5.74) is 14.4. The van der Waals surface area contributed by atoms with Crippen molar-refractivity contribution in [2.24, 2.45) is 0 Å². The second kappa shape index (κ2) is 19.7. The number of imidazole rings is 1. The third kappa shape index (κ3) is 9.09. The Hall–Kier alpha value is -7.17. The van der Waals surface area contributed by atoms with Crippen LogP contribution >= 0.6 is 0 Å². The van der Waals surface area contributed by atoms with Crippen LogP contribution in [0.25, 0.3) is 105 Å². The Morgan fingerprint density at radius 3 is 1.96 bits per heavy atom. The molecule has 0 aliphatic carbocycles. The maximum absolute atomic E-state index is 8.36. The maximum Gasteiger partial charge on any atom is 0.121 e. The van der Waals surface area contributed by atoms with Gasteiger partial charge in [0.1, 0.15) is 5.58 Å². The largest absolute Gasteiger partial charge is 0.501 e.